The van der Waals surface area contributed by atoms with Gasteiger partial charge in [0.2, 0.25) is 15.9 Å². The van der Waals surface area contributed by atoms with E-state index in [2.05, 4.69) is 0 Å². The Kier molecular flexibility index (Phi) is 4.47. The minimum atomic E-state index is -3.88. The summed E-state index contributed by atoms with van der Waals surface area (Å²) in [5, 5.41) is 11.0. The second kappa shape index (κ2) is 6.01. The number of nitrogens with zero attached hydrogens (tertiary/aromatic N) is 2. The summed E-state index contributed by atoms with van der Waals surface area (Å²) in [7, 11) is -3.88. The Hall–Kier alpha value is -2.00. The maximum atomic E-state index is 12.6. The van der Waals surface area contributed by atoms with Gasteiger partial charge in [0.15, 0.2) is 0 Å². The minimum Gasteiger partial charge on any atom is -0.369 e. The molecule has 0 bridgehead atoms. The molecule has 2 N–H and O–H groups in total. The molecule has 0 radical (unpaired) electrons. The lowest BCUT2D eigenvalue weighted by atomic mass is 9.99. The maximum absolute atomic E-state index is 12.6. The van der Waals surface area contributed by atoms with E-state index in [0.29, 0.717) is 18.4 Å². The van der Waals surface area contributed by atoms with E-state index in [1.54, 1.807) is 6.92 Å². The molecule has 1 saturated heterocycles. The highest BCUT2D eigenvalue weighted by molar-refractivity contribution is 7.89. The fraction of sp³-hybridized carbons (Fsp3) is 0.462. The molecule has 1 heterocycles. The van der Waals surface area contributed by atoms with E-state index < -0.39 is 26.8 Å². The Labute approximate surface area is 128 Å². The van der Waals surface area contributed by atoms with Crippen molar-refractivity contribution in [2.45, 2.75) is 24.7 Å². The number of nitrogens with two attached hydrogens (primary N) is 1. The number of nitro groups is 1. The molecule has 1 aromatic rings. The number of carbonyl (C=O) groups excluding carboxylic acids is 1. The summed E-state index contributed by atoms with van der Waals surface area (Å²) in [5.74, 6) is -1.06. The number of primary amides is 1. The van der Waals surface area contributed by atoms with E-state index in [4.69, 9.17) is 5.73 Å². The fourth-order valence-electron chi connectivity index (χ4n) is 2.49. The van der Waals surface area contributed by atoms with Gasteiger partial charge in [0.25, 0.3) is 5.69 Å². The van der Waals surface area contributed by atoms with E-state index >= 15 is 0 Å². The summed E-state index contributed by atoms with van der Waals surface area (Å²) in [5.41, 5.74) is 5.39. The normalized spacial score (nSPS) is 19.8. The van der Waals surface area contributed by atoms with Crippen LogP contribution in [0.3, 0.4) is 0 Å². The lowest BCUT2D eigenvalue weighted by Crippen LogP contribution is -2.44. The van der Waals surface area contributed by atoms with Crippen molar-refractivity contribution in [3.63, 3.8) is 0 Å². The standard InChI is InChI=1S/C13H17N3O5S/c1-9-4-5-11(7-12(9)16(18)19)22(20,21)15-6-2-3-10(8-15)13(14)17/h4-5,7,10H,2-3,6,8H2,1H3,(H2,14,17). The Morgan fingerprint density at radius 1 is 1.45 bits per heavy atom. The van der Waals surface area contributed by atoms with Gasteiger partial charge < -0.3 is 5.73 Å². The Bertz CT molecular complexity index is 716. The van der Waals surface area contributed by atoms with Gasteiger partial charge in [-0.3, -0.25) is 14.9 Å². The van der Waals surface area contributed by atoms with E-state index in [-0.39, 0.29) is 23.7 Å². The van der Waals surface area contributed by atoms with Crippen molar-refractivity contribution < 1.29 is 18.1 Å². The van der Waals surface area contributed by atoms with Crippen LogP contribution in [0.1, 0.15) is 18.4 Å². The molecule has 0 aromatic heterocycles. The summed E-state index contributed by atoms with van der Waals surface area (Å²) in [6.45, 7) is 1.83. The molecule has 1 aliphatic heterocycles. The number of sulfonamides is 1. The quantitative estimate of drug-likeness (QED) is 0.646. The van der Waals surface area contributed by atoms with E-state index in [9.17, 15) is 23.3 Å². The average Bonchev–Trinajstić information content (AvgIpc) is 2.47. The zero-order valence-electron chi connectivity index (χ0n) is 12.1. The first kappa shape index (κ1) is 16.4. The molecule has 1 unspecified atom stereocenters. The van der Waals surface area contributed by atoms with Crippen molar-refractivity contribution in [2.75, 3.05) is 13.1 Å². The first-order chi connectivity index (χ1) is 10.2. The van der Waals surface area contributed by atoms with Crippen molar-refractivity contribution in [2.24, 2.45) is 11.7 Å². The van der Waals surface area contributed by atoms with Gasteiger partial charge in [-0.15, -0.1) is 0 Å². The lowest BCUT2D eigenvalue weighted by molar-refractivity contribution is -0.385. The predicted molar refractivity (Wildman–Crippen MR) is 78.5 cm³/mol. The molecule has 1 aliphatic rings. The highest BCUT2D eigenvalue weighted by Gasteiger charge is 2.33. The zero-order valence-corrected chi connectivity index (χ0v) is 12.9. The number of piperidine rings is 1. The van der Waals surface area contributed by atoms with E-state index in [1.807, 2.05) is 0 Å². The maximum Gasteiger partial charge on any atom is 0.273 e. The second-order valence-electron chi connectivity index (χ2n) is 5.31. The van der Waals surface area contributed by atoms with Crippen molar-refractivity contribution >= 4 is 21.6 Å². The van der Waals surface area contributed by atoms with Crippen LogP contribution in [0.2, 0.25) is 0 Å². The van der Waals surface area contributed by atoms with Crippen LogP contribution in [0.25, 0.3) is 0 Å². The first-order valence-electron chi connectivity index (χ1n) is 6.78. The molecule has 0 spiro atoms. The summed E-state index contributed by atoms with van der Waals surface area (Å²) in [6, 6.07) is 3.80. The molecule has 1 fully saturated rings. The smallest absolute Gasteiger partial charge is 0.273 e. The van der Waals surface area contributed by atoms with Crippen molar-refractivity contribution in [3.8, 4) is 0 Å². The Morgan fingerprint density at radius 3 is 2.73 bits per heavy atom. The molecular weight excluding hydrogens is 310 g/mol. The van der Waals surface area contributed by atoms with Crippen LogP contribution in [0.15, 0.2) is 23.1 Å². The van der Waals surface area contributed by atoms with Crippen molar-refractivity contribution in [1.82, 2.24) is 4.31 Å². The van der Waals surface area contributed by atoms with Crippen LogP contribution in [-0.4, -0.2) is 36.6 Å². The van der Waals surface area contributed by atoms with Gasteiger partial charge in [-0.25, -0.2) is 8.42 Å². The third-order valence-corrected chi connectivity index (χ3v) is 5.66. The van der Waals surface area contributed by atoms with Crippen LogP contribution in [0.4, 0.5) is 5.69 Å². The highest BCUT2D eigenvalue weighted by atomic mass is 32.2. The first-order valence-corrected chi connectivity index (χ1v) is 8.22. The number of rotatable bonds is 4. The fourth-order valence-corrected chi connectivity index (χ4v) is 4.03. The monoisotopic (exact) mass is 327 g/mol. The van der Waals surface area contributed by atoms with Crippen LogP contribution < -0.4 is 5.73 Å². The van der Waals surface area contributed by atoms with Crippen LogP contribution >= 0.6 is 0 Å². The molecule has 1 amide bonds. The molecule has 0 saturated carbocycles. The van der Waals surface area contributed by atoms with E-state index in [0.717, 1.165) is 6.07 Å². The van der Waals surface area contributed by atoms with Crippen LogP contribution in [-0.2, 0) is 14.8 Å². The van der Waals surface area contributed by atoms with Crippen LogP contribution in [0.5, 0.6) is 0 Å². The second-order valence-corrected chi connectivity index (χ2v) is 7.25. The zero-order chi connectivity index (χ0) is 16.5. The van der Waals surface area contributed by atoms with Gasteiger partial charge in [-0.1, -0.05) is 6.07 Å². The molecule has 120 valence electrons. The van der Waals surface area contributed by atoms with Gasteiger partial charge >= 0.3 is 0 Å². The minimum absolute atomic E-state index is 0.0132. The number of hydrogen-bond donors (Lipinski definition) is 1. The predicted octanol–water partition coefficient (Wildman–Crippen LogP) is 0.789. The van der Waals surface area contributed by atoms with Gasteiger partial charge in [-0.05, 0) is 25.8 Å². The van der Waals surface area contributed by atoms with Gasteiger partial charge in [-0.2, -0.15) is 4.31 Å². The molecule has 2 rings (SSSR count). The SMILES string of the molecule is Cc1ccc(S(=O)(=O)N2CCCC(C(N)=O)C2)cc1[N+](=O)[O-]. The van der Waals surface area contributed by atoms with E-state index in [1.165, 1.54) is 16.4 Å². The molecular formula is C13H17N3O5S. The van der Waals surface area contributed by atoms with Gasteiger partial charge in [0.1, 0.15) is 0 Å². The Balaban J connectivity index is 2.36. The molecule has 22 heavy (non-hydrogen) atoms. The summed E-state index contributed by atoms with van der Waals surface area (Å²) >= 11 is 0. The van der Waals surface area contributed by atoms with Gasteiger partial charge in [0, 0.05) is 24.7 Å². The summed E-state index contributed by atoms with van der Waals surface area (Å²) in [4.78, 5) is 21.5. The molecule has 8 nitrogen and oxygen atoms in total. The van der Waals surface area contributed by atoms with Crippen molar-refractivity contribution in [3.05, 3.63) is 33.9 Å². The number of aryl methyl sites for hydroxylation is 1. The molecule has 1 aromatic carbocycles. The topological polar surface area (TPSA) is 124 Å². The molecule has 0 aliphatic carbocycles. The number of nitro benzene ring substituents is 1. The van der Waals surface area contributed by atoms with Crippen molar-refractivity contribution in [1.29, 1.82) is 0 Å². The number of benzene rings is 1. The highest BCUT2D eigenvalue weighted by Crippen LogP contribution is 2.27. The lowest BCUT2D eigenvalue weighted by Gasteiger charge is -2.30. The Morgan fingerprint density at radius 2 is 2.14 bits per heavy atom. The molecule has 1 atom stereocenters. The largest absolute Gasteiger partial charge is 0.369 e. The average molecular weight is 327 g/mol. The number of carbonyl (C=O) groups is 1. The van der Waals surface area contributed by atoms with Crippen LogP contribution in [0, 0.1) is 23.0 Å². The van der Waals surface area contributed by atoms with Gasteiger partial charge in [0.05, 0.1) is 15.7 Å². The summed E-state index contributed by atoms with van der Waals surface area (Å²) in [6.07, 6.45) is 1.08. The third-order valence-electron chi connectivity index (χ3n) is 3.80. The summed E-state index contributed by atoms with van der Waals surface area (Å²) < 4.78 is 26.4. The molecule has 9 heteroatoms. The third kappa shape index (κ3) is 3.09. The number of amides is 1. The number of hydrogen-bond acceptors (Lipinski definition) is 5.